The number of allylic oxidation sites excluding steroid dienone is 4. The number of hydrogen-bond acceptors (Lipinski definition) is 5. The molecule has 6 heteroatoms. The Labute approximate surface area is 412 Å². The molecule has 6 nitrogen and oxygen atoms in total. The molecule has 0 aromatic carbocycles. The third-order valence-electron chi connectivity index (χ3n) is 14.2. The zero-order chi connectivity index (χ0) is 48.1. The highest BCUT2D eigenvalue weighted by Gasteiger charge is 2.28. The molecule has 0 fully saturated rings. The van der Waals surface area contributed by atoms with Gasteiger partial charge in [-0.1, -0.05) is 301 Å². The number of carbonyl (C=O) groups is 1. The first-order chi connectivity index (χ1) is 32.5. The Balaban J connectivity index is 3.57. The lowest BCUT2D eigenvalue weighted by atomic mass is 9.99. The molecule has 5 N–H and O–H groups in total. The molecule has 0 spiro atoms. The number of rotatable bonds is 55. The number of nitrogens with one attached hydrogen (secondary N) is 1. The fraction of sp³-hybridized carbons (Fsp3) is 0.917. The van der Waals surface area contributed by atoms with Crippen LogP contribution in [0.5, 0.6) is 0 Å². The van der Waals surface area contributed by atoms with Crippen molar-refractivity contribution >= 4 is 5.91 Å². The van der Waals surface area contributed by atoms with Gasteiger partial charge in [0, 0.05) is 0 Å². The highest BCUT2D eigenvalue weighted by Crippen LogP contribution is 2.18. The second-order valence-corrected chi connectivity index (χ2v) is 20.7. The summed E-state index contributed by atoms with van der Waals surface area (Å²) in [6.45, 7) is 4.09. The van der Waals surface area contributed by atoms with Gasteiger partial charge in [0.15, 0.2) is 0 Å². The zero-order valence-electron chi connectivity index (χ0n) is 44.5. The third-order valence-corrected chi connectivity index (χ3v) is 14.2. The van der Waals surface area contributed by atoms with Crippen molar-refractivity contribution in [1.29, 1.82) is 0 Å². The van der Waals surface area contributed by atoms with Crippen LogP contribution in [0, 0.1) is 0 Å². The minimum Gasteiger partial charge on any atom is -0.394 e. The number of amides is 1. The lowest BCUT2D eigenvalue weighted by molar-refractivity contribution is -0.132. The third kappa shape index (κ3) is 47.8. The zero-order valence-corrected chi connectivity index (χ0v) is 44.5. The van der Waals surface area contributed by atoms with Gasteiger partial charge < -0.3 is 25.7 Å². The summed E-state index contributed by atoms with van der Waals surface area (Å²) in [6.07, 6.45) is 66.8. The van der Waals surface area contributed by atoms with Crippen LogP contribution in [0.3, 0.4) is 0 Å². The molecule has 0 aliphatic carbocycles. The van der Waals surface area contributed by atoms with E-state index in [2.05, 4.69) is 43.5 Å². The van der Waals surface area contributed by atoms with E-state index >= 15 is 0 Å². The largest absolute Gasteiger partial charge is 0.394 e. The van der Waals surface area contributed by atoms with Crippen molar-refractivity contribution in [1.82, 2.24) is 5.32 Å². The van der Waals surface area contributed by atoms with E-state index in [1.54, 1.807) is 0 Å². The molecule has 0 aliphatic rings. The molecule has 0 bridgehead atoms. The molecule has 392 valence electrons. The van der Waals surface area contributed by atoms with Gasteiger partial charge in [-0.25, -0.2) is 0 Å². The molecule has 0 rings (SSSR count). The van der Waals surface area contributed by atoms with Crippen molar-refractivity contribution in [2.45, 2.75) is 346 Å². The van der Waals surface area contributed by atoms with Crippen molar-refractivity contribution in [3.05, 3.63) is 24.3 Å². The molecule has 0 aliphatic heterocycles. The van der Waals surface area contributed by atoms with Gasteiger partial charge in [0.1, 0.15) is 12.2 Å². The predicted octanol–water partition coefficient (Wildman–Crippen LogP) is 17.4. The molecule has 0 heterocycles. The molecule has 4 unspecified atom stereocenters. The molecule has 0 radical (unpaired) electrons. The highest BCUT2D eigenvalue weighted by atomic mass is 16.3. The molecule has 0 aromatic rings. The summed E-state index contributed by atoms with van der Waals surface area (Å²) in [5, 5.41) is 44.0. The summed E-state index contributed by atoms with van der Waals surface area (Å²) in [5.41, 5.74) is 0. The Morgan fingerprint density at radius 3 is 0.955 bits per heavy atom. The van der Waals surface area contributed by atoms with Gasteiger partial charge >= 0.3 is 0 Å². The number of aliphatic hydroxyl groups excluding tert-OH is 4. The molecule has 4 atom stereocenters. The molecule has 0 saturated carbocycles. The van der Waals surface area contributed by atoms with Crippen molar-refractivity contribution in [3.8, 4) is 0 Å². The van der Waals surface area contributed by atoms with Crippen molar-refractivity contribution in [2.75, 3.05) is 6.61 Å². The number of aliphatic hydroxyl groups is 4. The smallest absolute Gasteiger partial charge is 0.249 e. The van der Waals surface area contributed by atoms with Gasteiger partial charge in [-0.15, -0.1) is 0 Å². The summed E-state index contributed by atoms with van der Waals surface area (Å²) >= 11 is 0. The Morgan fingerprint density at radius 2 is 0.652 bits per heavy atom. The van der Waals surface area contributed by atoms with Gasteiger partial charge in [0.2, 0.25) is 5.91 Å². The molecule has 0 aromatic heterocycles. The van der Waals surface area contributed by atoms with Gasteiger partial charge in [-0.3, -0.25) is 4.79 Å². The Morgan fingerprint density at radius 1 is 0.379 bits per heavy atom. The Kier molecular flexibility index (Phi) is 53.7. The van der Waals surface area contributed by atoms with Gasteiger partial charge in [0.05, 0.1) is 18.8 Å². The molecular weight excluding hydrogens is 815 g/mol. The molecule has 0 saturated heterocycles. The SMILES string of the molecule is CCCCCCCCCCC/C=C\C/C=C\CCCCCCCCCCCCCCCCCCC(O)C(=O)NC(CO)C(O)C(O)CCCCCCCCCCCCCCCCCCCC. The molecule has 66 heavy (non-hydrogen) atoms. The first-order valence-corrected chi connectivity index (χ1v) is 29.7. The standard InChI is InChI=1S/C60H117NO5/c1-3-5-7-9-11-13-15-17-19-21-23-24-25-26-27-28-29-30-31-32-33-34-35-36-38-40-42-44-46-48-50-52-54-58(64)60(66)61-56(55-62)59(65)57(63)53-51-49-47-45-43-41-39-37-22-20-18-16-14-12-10-8-6-4-2/h23-24,26-27,56-59,62-65H,3-22,25,28-55H2,1-2H3,(H,61,66)/b24-23-,27-26-. The van der Waals surface area contributed by atoms with Crippen LogP contribution in [0.2, 0.25) is 0 Å². The summed E-state index contributed by atoms with van der Waals surface area (Å²) in [4.78, 5) is 12.6. The van der Waals surface area contributed by atoms with E-state index in [1.807, 2.05) is 0 Å². The van der Waals surface area contributed by atoms with E-state index in [0.29, 0.717) is 12.8 Å². The highest BCUT2D eigenvalue weighted by molar-refractivity contribution is 5.80. The number of hydrogen-bond donors (Lipinski definition) is 5. The predicted molar refractivity (Wildman–Crippen MR) is 288 cm³/mol. The minimum absolute atomic E-state index is 0.372. The first kappa shape index (κ1) is 64.8. The lowest BCUT2D eigenvalue weighted by Crippen LogP contribution is -2.53. The van der Waals surface area contributed by atoms with Crippen LogP contribution in [0.1, 0.15) is 322 Å². The maximum Gasteiger partial charge on any atom is 0.249 e. The van der Waals surface area contributed by atoms with Crippen LogP contribution >= 0.6 is 0 Å². The average Bonchev–Trinajstić information content (AvgIpc) is 3.32. The summed E-state index contributed by atoms with van der Waals surface area (Å²) < 4.78 is 0. The maximum atomic E-state index is 12.6. The van der Waals surface area contributed by atoms with Crippen molar-refractivity contribution < 1.29 is 25.2 Å². The van der Waals surface area contributed by atoms with Crippen LogP contribution < -0.4 is 5.32 Å². The minimum atomic E-state index is -1.26. The van der Waals surface area contributed by atoms with Crippen molar-refractivity contribution in [2.24, 2.45) is 0 Å². The second-order valence-electron chi connectivity index (χ2n) is 20.7. The Bertz CT molecular complexity index is 1000. The first-order valence-electron chi connectivity index (χ1n) is 29.7. The topological polar surface area (TPSA) is 110 Å². The Hall–Kier alpha value is -1.21. The van der Waals surface area contributed by atoms with Crippen LogP contribution in [-0.4, -0.2) is 57.3 Å². The summed E-state index contributed by atoms with van der Waals surface area (Å²) in [6, 6.07) is -0.984. The number of carbonyl (C=O) groups excluding carboxylic acids is 1. The van der Waals surface area contributed by atoms with E-state index in [9.17, 15) is 25.2 Å². The summed E-state index contributed by atoms with van der Waals surface area (Å²) in [5.74, 6) is -0.579. The van der Waals surface area contributed by atoms with Crippen LogP contribution in [0.25, 0.3) is 0 Å². The van der Waals surface area contributed by atoms with E-state index < -0.39 is 36.9 Å². The quantitative estimate of drug-likeness (QED) is 0.0308. The molecule has 1 amide bonds. The normalized spacial score (nSPS) is 13.8. The van der Waals surface area contributed by atoms with Crippen LogP contribution in [0.15, 0.2) is 24.3 Å². The summed E-state index contributed by atoms with van der Waals surface area (Å²) in [7, 11) is 0. The fourth-order valence-corrected chi connectivity index (χ4v) is 9.50. The van der Waals surface area contributed by atoms with Crippen molar-refractivity contribution in [3.63, 3.8) is 0 Å². The van der Waals surface area contributed by atoms with E-state index in [0.717, 1.165) is 44.9 Å². The van der Waals surface area contributed by atoms with Gasteiger partial charge in [0.25, 0.3) is 0 Å². The average molecular weight is 933 g/mol. The van der Waals surface area contributed by atoms with Gasteiger partial charge in [-0.2, -0.15) is 0 Å². The monoisotopic (exact) mass is 932 g/mol. The fourth-order valence-electron chi connectivity index (χ4n) is 9.50. The van der Waals surface area contributed by atoms with E-state index in [4.69, 9.17) is 0 Å². The van der Waals surface area contributed by atoms with E-state index in [1.165, 1.54) is 250 Å². The second kappa shape index (κ2) is 54.7. The lowest BCUT2D eigenvalue weighted by Gasteiger charge is -2.27. The van der Waals surface area contributed by atoms with Gasteiger partial charge in [-0.05, 0) is 44.9 Å². The molecular formula is C60H117NO5. The number of unbranched alkanes of at least 4 members (excludes halogenated alkanes) is 42. The van der Waals surface area contributed by atoms with Crippen LogP contribution in [-0.2, 0) is 4.79 Å². The van der Waals surface area contributed by atoms with Crippen LogP contribution in [0.4, 0.5) is 0 Å². The maximum absolute atomic E-state index is 12.6. The van der Waals surface area contributed by atoms with E-state index in [-0.39, 0.29) is 0 Å².